The highest BCUT2D eigenvalue weighted by Crippen LogP contribution is 2.23. The Labute approximate surface area is 184 Å². The van der Waals surface area contributed by atoms with Crippen molar-refractivity contribution in [3.63, 3.8) is 0 Å². The molecule has 170 valence electrons. The van der Waals surface area contributed by atoms with E-state index in [0.29, 0.717) is 38.2 Å². The first-order chi connectivity index (χ1) is 15.4. The molecule has 2 aliphatic rings. The molecule has 1 aromatic heterocycles. The molecule has 0 bridgehead atoms. The molecule has 32 heavy (non-hydrogen) atoms. The number of aromatic nitrogens is 2. The van der Waals surface area contributed by atoms with Crippen molar-refractivity contribution in [2.24, 2.45) is 5.16 Å². The maximum Gasteiger partial charge on any atom is 0.279 e. The lowest BCUT2D eigenvalue weighted by Crippen LogP contribution is -2.26. The highest BCUT2D eigenvalue weighted by molar-refractivity contribution is 7.92. The summed E-state index contributed by atoms with van der Waals surface area (Å²) < 4.78 is 36.0. The van der Waals surface area contributed by atoms with Crippen molar-refractivity contribution in [2.45, 2.75) is 29.1 Å². The smallest absolute Gasteiger partial charge is 0.279 e. The van der Waals surface area contributed by atoms with Gasteiger partial charge in [-0.25, -0.2) is 18.4 Å². The monoisotopic (exact) mass is 461 g/mol. The van der Waals surface area contributed by atoms with E-state index in [4.69, 9.17) is 20.0 Å². The molecule has 2 aliphatic heterocycles. The maximum absolute atomic E-state index is 12.9. The Bertz CT molecular complexity index is 1080. The van der Waals surface area contributed by atoms with Crippen LogP contribution in [0.1, 0.15) is 18.4 Å². The molecule has 0 unspecified atom stereocenters. The van der Waals surface area contributed by atoms with Gasteiger partial charge in [0.25, 0.3) is 5.91 Å². The summed E-state index contributed by atoms with van der Waals surface area (Å²) in [7, 11) is -3.52. The van der Waals surface area contributed by atoms with Crippen LogP contribution >= 0.6 is 0 Å². The van der Waals surface area contributed by atoms with Crippen LogP contribution in [0.25, 0.3) is 0 Å². The highest BCUT2D eigenvalue weighted by Gasteiger charge is 2.31. The first-order valence-electron chi connectivity index (χ1n) is 10.1. The fraction of sp³-hybridized carbons (Fsp3) is 0.400. The van der Waals surface area contributed by atoms with Crippen LogP contribution < -0.4 is 11.1 Å². The van der Waals surface area contributed by atoms with Crippen molar-refractivity contribution in [3.8, 4) is 0 Å². The summed E-state index contributed by atoms with van der Waals surface area (Å²) in [5.74, 6) is -0.199. The second-order valence-corrected chi connectivity index (χ2v) is 9.59. The minimum atomic E-state index is -3.52. The number of rotatable bonds is 7. The molecule has 0 aliphatic carbocycles. The van der Waals surface area contributed by atoms with Gasteiger partial charge in [0.15, 0.2) is 27.5 Å². The number of nitrogens with one attached hydrogen (secondary N) is 1. The molecule has 2 aromatic rings. The van der Waals surface area contributed by atoms with Gasteiger partial charge in [0.05, 0.1) is 42.4 Å². The normalized spacial score (nSPS) is 21.4. The Hall–Kier alpha value is -3.09. The number of benzene rings is 1. The zero-order valence-electron chi connectivity index (χ0n) is 17.1. The average molecular weight is 462 g/mol. The van der Waals surface area contributed by atoms with Gasteiger partial charge >= 0.3 is 0 Å². The summed E-state index contributed by atoms with van der Waals surface area (Å²) in [6, 6.07) is 5.94. The van der Waals surface area contributed by atoms with Crippen LogP contribution in [0.15, 0.2) is 46.7 Å². The van der Waals surface area contributed by atoms with E-state index < -0.39 is 21.0 Å². The molecule has 11 nitrogen and oxygen atoms in total. The van der Waals surface area contributed by atoms with Gasteiger partial charge in [-0.1, -0.05) is 17.3 Å². The van der Waals surface area contributed by atoms with Gasteiger partial charge in [0.1, 0.15) is 5.82 Å². The molecule has 3 N–H and O–H groups in total. The van der Waals surface area contributed by atoms with E-state index in [9.17, 15) is 13.2 Å². The highest BCUT2D eigenvalue weighted by atomic mass is 32.2. The lowest BCUT2D eigenvalue weighted by atomic mass is 10.1. The zero-order valence-corrected chi connectivity index (χ0v) is 18.0. The SMILES string of the molecule is Nc1cnc(NC(=O)/C(=N/O[C@@H]2CCOC2)c2ccc(S(=O)(=O)[C@H]3CCOC3)cc2)cn1. The number of hydrogen-bond acceptors (Lipinski definition) is 10. The molecular weight excluding hydrogens is 438 g/mol. The van der Waals surface area contributed by atoms with Crippen molar-refractivity contribution in [2.75, 3.05) is 37.5 Å². The number of oxime groups is 1. The molecule has 0 spiro atoms. The molecule has 0 radical (unpaired) electrons. The van der Waals surface area contributed by atoms with Crippen LogP contribution in [0.4, 0.5) is 11.6 Å². The van der Waals surface area contributed by atoms with Crippen molar-refractivity contribution >= 4 is 33.1 Å². The van der Waals surface area contributed by atoms with E-state index in [1.165, 1.54) is 36.7 Å². The van der Waals surface area contributed by atoms with E-state index >= 15 is 0 Å². The predicted octanol–water partition coefficient (Wildman–Crippen LogP) is 0.770. The second kappa shape index (κ2) is 9.59. The number of amides is 1. The van der Waals surface area contributed by atoms with Gasteiger partial charge in [0.2, 0.25) is 0 Å². The summed E-state index contributed by atoms with van der Waals surface area (Å²) >= 11 is 0. The van der Waals surface area contributed by atoms with Crippen LogP contribution in [-0.4, -0.2) is 67.8 Å². The fourth-order valence-electron chi connectivity index (χ4n) is 3.28. The van der Waals surface area contributed by atoms with E-state index in [2.05, 4.69) is 20.4 Å². The van der Waals surface area contributed by atoms with E-state index in [-0.39, 0.29) is 35.0 Å². The number of carbonyl (C=O) groups excluding carboxylic acids is 1. The molecule has 4 rings (SSSR count). The number of anilines is 2. The Kier molecular flexibility index (Phi) is 6.63. The molecule has 1 aromatic carbocycles. The second-order valence-electron chi connectivity index (χ2n) is 7.37. The zero-order chi connectivity index (χ0) is 22.6. The topological polar surface area (TPSA) is 155 Å². The number of nitrogens with zero attached hydrogens (tertiary/aromatic N) is 3. The molecule has 12 heteroatoms. The van der Waals surface area contributed by atoms with Crippen LogP contribution in [0, 0.1) is 0 Å². The largest absolute Gasteiger partial charge is 0.389 e. The van der Waals surface area contributed by atoms with Crippen molar-refractivity contribution in [1.29, 1.82) is 0 Å². The number of ether oxygens (including phenoxy) is 2. The predicted molar refractivity (Wildman–Crippen MR) is 115 cm³/mol. The number of hydrogen-bond donors (Lipinski definition) is 2. The van der Waals surface area contributed by atoms with Crippen LogP contribution in [0.2, 0.25) is 0 Å². The van der Waals surface area contributed by atoms with E-state index in [1.807, 2.05) is 0 Å². The third-order valence-corrected chi connectivity index (χ3v) is 7.27. The third-order valence-electron chi connectivity index (χ3n) is 5.09. The van der Waals surface area contributed by atoms with Crippen molar-refractivity contribution in [1.82, 2.24) is 9.97 Å². The van der Waals surface area contributed by atoms with Gasteiger partial charge in [0, 0.05) is 18.6 Å². The van der Waals surface area contributed by atoms with Crippen molar-refractivity contribution in [3.05, 3.63) is 42.2 Å². The van der Waals surface area contributed by atoms with Crippen LogP contribution in [0.3, 0.4) is 0 Å². The number of carbonyl (C=O) groups is 1. The van der Waals surface area contributed by atoms with E-state index in [0.717, 1.165) is 0 Å². The third kappa shape index (κ3) is 5.03. The van der Waals surface area contributed by atoms with E-state index in [1.54, 1.807) is 0 Å². The van der Waals surface area contributed by atoms with Gasteiger partial charge in [-0.05, 0) is 18.6 Å². The lowest BCUT2D eigenvalue weighted by molar-refractivity contribution is -0.110. The Balaban J connectivity index is 1.57. The summed E-state index contributed by atoms with van der Waals surface area (Å²) in [6.07, 6.45) is 3.47. The molecular formula is C20H23N5O6S. The number of nitrogens with two attached hydrogens (primary N) is 1. The summed E-state index contributed by atoms with van der Waals surface area (Å²) in [6.45, 7) is 1.54. The lowest BCUT2D eigenvalue weighted by Gasteiger charge is -2.12. The average Bonchev–Trinajstić information content (AvgIpc) is 3.51. The first-order valence-corrected chi connectivity index (χ1v) is 11.6. The van der Waals surface area contributed by atoms with Gasteiger partial charge < -0.3 is 25.4 Å². The van der Waals surface area contributed by atoms with Crippen LogP contribution in [0.5, 0.6) is 0 Å². The van der Waals surface area contributed by atoms with Gasteiger partial charge in [-0.3, -0.25) is 4.79 Å². The Morgan fingerprint density at radius 3 is 2.47 bits per heavy atom. The summed E-state index contributed by atoms with van der Waals surface area (Å²) in [5, 5.41) is 6.06. The number of sulfone groups is 1. The van der Waals surface area contributed by atoms with Gasteiger partial charge in [-0.2, -0.15) is 0 Å². The molecule has 2 fully saturated rings. The molecule has 2 atom stereocenters. The molecule has 0 saturated carbocycles. The summed E-state index contributed by atoms with van der Waals surface area (Å²) in [4.78, 5) is 26.4. The molecule has 2 saturated heterocycles. The Morgan fingerprint density at radius 2 is 1.84 bits per heavy atom. The first kappa shape index (κ1) is 22.1. The standard InChI is InChI=1S/C20H23N5O6S/c21-17-9-23-18(10-22-17)24-20(26)19(25-31-14-5-7-29-11-14)13-1-3-15(4-2-13)32(27,28)16-6-8-30-12-16/h1-4,9-10,14,16H,5-8,11-12H2,(H2,21,22)(H,23,24,26)/b25-19+/t14-,16+/m1/s1. The Morgan fingerprint density at radius 1 is 1.09 bits per heavy atom. The minimum absolute atomic E-state index is 0.0383. The molecule has 3 heterocycles. The minimum Gasteiger partial charge on any atom is -0.389 e. The van der Waals surface area contributed by atoms with Gasteiger partial charge in [-0.15, -0.1) is 0 Å². The molecule has 1 amide bonds. The quantitative estimate of drug-likeness (QED) is 0.449. The fourth-order valence-corrected chi connectivity index (χ4v) is 4.86. The number of nitrogen functional groups attached to an aromatic ring is 1. The maximum atomic E-state index is 12.9. The van der Waals surface area contributed by atoms with Crippen LogP contribution in [-0.2, 0) is 28.9 Å². The van der Waals surface area contributed by atoms with Crippen molar-refractivity contribution < 1.29 is 27.5 Å². The summed E-state index contributed by atoms with van der Waals surface area (Å²) in [5.41, 5.74) is 5.86.